The number of hydrogen-bond donors (Lipinski definition) is 2. The summed E-state index contributed by atoms with van der Waals surface area (Å²) in [5, 5.41) is 4.34. The number of benzene rings is 1. The van der Waals surface area contributed by atoms with Crippen LogP contribution >= 0.6 is 23.4 Å². The molecule has 2 aliphatic rings. The zero-order chi connectivity index (χ0) is 23.8. The molecule has 0 aliphatic carbocycles. The van der Waals surface area contributed by atoms with Crippen molar-refractivity contribution in [3.05, 3.63) is 17.2 Å². The minimum Gasteiger partial charge on any atom is -0.495 e. The third-order valence-corrected chi connectivity index (χ3v) is 8.04. The highest BCUT2D eigenvalue weighted by atomic mass is 35.5. The predicted octanol–water partition coefficient (Wildman–Crippen LogP) is 4.80. The number of thioether (sulfide) groups is 1. The lowest BCUT2D eigenvalue weighted by Gasteiger charge is -2.41. The Morgan fingerprint density at radius 2 is 2.00 bits per heavy atom. The Kier molecular flexibility index (Phi) is 10.3. The molecule has 7 nitrogen and oxygen atoms in total. The molecule has 2 atom stereocenters. The molecule has 0 aromatic heterocycles. The predicted molar refractivity (Wildman–Crippen MR) is 139 cm³/mol. The van der Waals surface area contributed by atoms with Crippen LogP contribution in [0.3, 0.4) is 0 Å². The Labute approximate surface area is 207 Å². The maximum absolute atomic E-state index is 12.4. The summed E-state index contributed by atoms with van der Waals surface area (Å²) >= 11 is 7.72. The molecule has 0 unspecified atom stereocenters. The summed E-state index contributed by atoms with van der Waals surface area (Å²) in [6.45, 7) is 6.88. The number of nitrogens with one attached hydrogen (secondary N) is 1. The van der Waals surface area contributed by atoms with Crippen molar-refractivity contribution in [3.8, 4) is 5.75 Å². The monoisotopic (exact) mass is 498 g/mol. The van der Waals surface area contributed by atoms with Gasteiger partial charge in [0.1, 0.15) is 5.75 Å². The van der Waals surface area contributed by atoms with Gasteiger partial charge in [-0.2, -0.15) is 0 Å². The second-order valence-electron chi connectivity index (χ2n) is 9.05. The molecule has 33 heavy (non-hydrogen) atoms. The van der Waals surface area contributed by atoms with E-state index in [1.165, 1.54) is 11.8 Å². The number of amides is 1. The van der Waals surface area contributed by atoms with Crippen LogP contribution in [0.25, 0.3) is 0 Å². The molecule has 2 fully saturated rings. The number of piperidine rings is 2. The molecule has 2 heterocycles. The number of halogens is 1. The molecule has 0 radical (unpaired) electrons. The summed E-state index contributed by atoms with van der Waals surface area (Å²) in [6.07, 6.45) is 5.44. The van der Waals surface area contributed by atoms with Gasteiger partial charge in [0.05, 0.1) is 35.7 Å². The first kappa shape index (κ1) is 26.3. The first-order valence-electron chi connectivity index (χ1n) is 12.0. The summed E-state index contributed by atoms with van der Waals surface area (Å²) in [5.41, 5.74) is 7.26. The molecule has 1 aromatic carbocycles. The average Bonchev–Trinajstić information content (AvgIpc) is 2.82. The lowest BCUT2D eigenvalue weighted by Crippen LogP contribution is -2.52. The molecule has 1 aromatic rings. The van der Waals surface area contributed by atoms with Crippen molar-refractivity contribution in [1.29, 1.82) is 0 Å². The number of nitrogen functional groups attached to an aromatic ring is 1. The van der Waals surface area contributed by atoms with E-state index in [1.807, 2.05) is 11.0 Å². The van der Waals surface area contributed by atoms with E-state index in [-0.39, 0.29) is 17.4 Å². The number of ether oxygens (including phenoxy) is 2. The molecular weight excluding hydrogens is 460 g/mol. The lowest BCUT2D eigenvalue weighted by molar-refractivity contribution is 0.0139. The smallest absolute Gasteiger partial charge is 0.281 e. The molecule has 3 N–H and O–H groups in total. The van der Waals surface area contributed by atoms with E-state index in [0.717, 1.165) is 76.3 Å². The minimum atomic E-state index is 0.0661. The van der Waals surface area contributed by atoms with Crippen LogP contribution in [-0.2, 0) is 4.74 Å². The average molecular weight is 499 g/mol. The largest absolute Gasteiger partial charge is 0.495 e. The van der Waals surface area contributed by atoms with Crippen molar-refractivity contribution in [2.24, 2.45) is 5.92 Å². The zero-order valence-electron chi connectivity index (χ0n) is 20.1. The fraction of sp³-hybridized carbons (Fsp3) is 0.708. The van der Waals surface area contributed by atoms with Crippen LogP contribution in [0.1, 0.15) is 39.0 Å². The Morgan fingerprint density at radius 1 is 1.24 bits per heavy atom. The van der Waals surface area contributed by atoms with Gasteiger partial charge in [0.2, 0.25) is 0 Å². The Balaban J connectivity index is 1.48. The summed E-state index contributed by atoms with van der Waals surface area (Å²) in [5.74, 6) is 2.25. The molecule has 0 spiro atoms. The normalized spacial score (nSPS) is 22.4. The standard InChI is InChI=1S/C24H39ClN4O3S/c1-4-5-12-33-24(30)29-10-6-17(7-11-29)15-28-9-8-20(23(16-28)32-3)27-21-13-18(25)19(26)14-22(21)31-2/h13-14,17,20,23,27H,4-12,15-16,26H2,1-3H3/t20-,23+/m1/s1. The highest BCUT2D eigenvalue weighted by molar-refractivity contribution is 8.13. The number of carbonyl (C=O) groups excluding carboxylic acids is 1. The molecule has 0 bridgehead atoms. The molecule has 0 saturated carbocycles. The molecule has 9 heteroatoms. The third kappa shape index (κ3) is 7.31. The van der Waals surface area contributed by atoms with Gasteiger partial charge in [0.25, 0.3) is 5.24 Å². The second-order valence-corrected chi connectivity index (χ2v) is 10.5. The summed E-state index contributed by atoms with van der Waals surface area (Å²) in [4.78, 5) is 16.9. The van der Waals surface area contributed by atoms with Crippen molar-refractivity contribution in [2.75, 3.05) is 63.7 Å². The Hall–Kier alpha value is -1.35. The number of rotatable bonds is 9. The molecule has 186 valence electrons. The summed E-state index contributed by atoms with van der Waals surface area (Å²) in [7, 11) is 3.41. The number of unbranched alkanes of at least 4 members (excludes halogenated alkanes) is 1. The number of nitrogens with zero attached hydrogens (tertiary/aromatic N) is 2. The van der Waals surface area contributed by atoms with Gasteiger partial charge in [-0.3, -0.25) is 4.79 Å². The quantitative estimate of drug-likeness (QED) is 0.374. The number of hydrogen-bond acceptors (Lipinski definition) is 7. The van der Waals surface area contributed by atoms with Crippen LogP contribution in [0.4, 0.5) is 16.2 Å². The van der Waals surface area contributed by atoms with Crippen LogP contribution in [0.15, 0.2) is 12.1 Å². The SMILES string of the molecule is CCCCSC(=O)N1CCC(CN2CC[C@@H](Nc3cc(Cl)c(N)cc3OC)[C@@H](OC)C2)CC1. The second kappa shape index (κ2) is 12.9. The van der Waals surface area contributed by atoms with Gasteiger partial charge in [0, 0.05) is 51.7 Å². The van der Waals surface area contributed by atoms with E-state index >= 15 is 0 Å². The van der Waals surface area contributed by atoms with Crippen molar-refractivity contribution >= 4 is 40.0 Å². The van der Waals surface area contributed by atoms with Crippen molar-refractivity contribution in [1.82, 2.24) is 9.80 Å². The highest BCUT2D eigenvalue weighted by Gasteiger charge is 2.32. The van der Waals surface area contributed by atoms with Crippen molar-refractivity contribution in [2.45, 2.75) is 51.2 Å². The highest BCUT2D eigenvalue weighted by Crippen LogP contribution is 2.34. The lowest BCUT2D eigenvalue weighted by atomic mass is 9.94. The van der Waals surface area contributed by atoms with Crippen LogP contribution in [-0.4, -0.2) is 79.9 Å². The van der Waals surface area contributed by atoms with E-state index in [2.05, 4.69) is 17.1 Å². The number of carbonyl (C=O) groups is 1. The number of likely N-dealkylation sites (tertiary alicyclic amines) is 2. The van der Waals surface area contributed by atoms with Gasteiger partial charge in [-0.1, -0.05) is 36.7 Å². The van der Waals surface area contributed by atoms with Crippen LogP contribution in [0.2, 0.25) is 5.02 Å². The van der Waals surface area contributed by atoms with E-state index in [4.69, 9.17) is 26.8 Å². The topological polar surface area (TPSA) is 80.1 Å². The van der Waals surface area contributed by atoms with Crippen molar-refractivity contribution < 1.29 is 14.3 Å². The summed E-state index contributed by atoms with van der Waals surface area (Å²) in [6, 6.07) is 3.74. The van der Waals surface area contributed by atoms with Gasteiger partial charge in [-0.25, -0.2) is 0 Å². The van der Waals surface area contributed by atoms with E-state index in [1.54, 1.807) is 20.3 Å². The fourth-order valence-corrected chi connectivity index (χ4v) is 5.80. The molecule has 1 amide bonds. The van der Waals surface area contributed by atoms with E-state index < -0.39 is 0 Å². The van der Waals surface area contributed by atoms with Gasteiger partial charge in [-0.05, 0) is 37.7 Å². The zero-order valence-corrected chi connectivity index (χ0v) is 21.7. The first-order valence-corrected chi connectivity index (χ1v) is 13.4. The Morgan fingerprint density at radius 3 is 2.67 bits per heavy atom. The van der Waals surface area contributed by atoms with Crippen LogP contribution in [0.5, 0.6) is 5.75 Å². The maximum Gasteiger partial charge on any atom is 0.281 e. The molecular formula is C24H39ClN4O3S. The molecule has 2 saturated heterocycles. The van der Waals surface area contributed by atoms with Crippen LogP contribution in [0, 0.1) is 5.92 Å². The van der Waals surface area contributed by atoms with Crippen LogP contribution < -0.4 is 15.8 Å². The van der Waals surface area contributed by atoms with E-state index in [0.29, 0.717) is 22.4 Å². The minimum absolute atomic E-state index is 0.0661. The number of nitrogens with two attached hydrogens (primary N) is 1. The third-order valence-electron chi connectivity index (χ3n) is 6.72. The number of methoxy groups -OCH3 is 2. The molecule has 3 rings (SSSR count). The summed E-state index contributed by atoms with van der Waals surface area (Å²) < 4.78 is 11.3. The molecule has 2 aliphatic heterocycles. The fourth-order valence-electron chi connectivity index (χ4n) is 4.66. The van der Waals surface area contributed by atoms with Gasteiger partial charge >= 0.3 is 0 Å². The number of anilines is 2. The maximum atomic E-state index is 12.4. The van der Waals surface area contributed by atoms with E-state index in [9.17, 15) is 4.79 Å². The van der Waals surface area contributed by atoms with Gasteiger partial charge < -0.3 is 30.3 Å². The van der Waals surface area contributed by atoms with Gasteiger partial charge in [0.15, 0.2) is 0 Å². The Bertz CT molecular complexity index is 776. The van der Waals surface area contributed by atoms with Gasteiger partial charge in [-0.15, -0.1) is 0 Å². The van der Waals surface area contributed by atoms with Crippen molar-refractivity contribution in [3.63, 3.8) is 0 Å². The first-order chi connectivity index (χ1) is 15.9.